The molecule has 0 aliphatic heterocycles. The van der Waals surface area contributed by atoms with Crippen LogP contribution >= 0.6 is 0 Å². The van der Waals surface area contributed by atoms with Crippen LogP contribution in [0.5, 0.6) is 0 Å². The zero-order chi connectivity index (χ0) is 9.97. The lowest BCUT2D eigenvalue weighted by Gasteiger charge is -2.02. The van der Waals surface area contributed by atoms with Crippen LogP contribution in [0.4, 0.5) is 0 Å². The Morgan fingerprint density at radius 1 is 1.29 bits per heavy atom. The van der Waals surface area contributed by atoms with Crippen LogP contribution in [0.15, 0.2) is 30.6 Å². The fraction of sp³-hybridized carbons (Fsp3) is 0.100. The van der Waals surface area contributed by atoms with Crippen molar-refractivity contribution in [3.05, 3.63) is 41.7 Å². The molecule has 1 radical (unpaired) electrons. The molecule has 0 bridgehead atoms. The normalized spacial score (nSPS) is 10.1. The monoisotopic (exact) mass is 186 g/mol. The number of aryl methyl sites for hydroxylation is 1. The van der Waals surface area contributed by atoms with Gasteiger partial charge in [0.05, 0.1) is 23.6 Å². The minimum atomic E-state index is 0.473. The predicted octanol–water partition coefficient (Wildman–Crippen LogP) is 1.03. The van der Waals surface area contributed by atoms with Gasteiger partial charge in [-0.2, -0.15) is 15.0 Å². The van der Waals surface area contributed by atoms with Crippen molar-refractivity contribution in [2.75, 3.05) is 0 Å². The molecule has 0 saturated carbocycles. The zero-order valence-electron chi connectivity index (χ0n) is 7.64. The minimum absolute atomic E-state index is 0.473. The van der Waals surface area contributed by atoms with Crippen molar-refractivity contribution in [2.24, 2.45) is 0 Å². The summed E-state index contributed by atoms with van der Waals surface area (Å²) in [5.74, 6) is 0. The second kappa shape index (κ2) is 3.41. The summed E-state index contributed by atoms with van der Waals surface area (Å²) in [6.07, 6.45) is 5.00. The molecule has 0 aliphatic carbocycles. The largest absolute Gasteiger partial charge is 0.285 e. The van der Waals surface area contributed by atoms with Crippen molar-refractivity contribution in [1.29, 1.82) is 0 Å². The Morgan fingerprint density at radius 2 is 2.00 bits per heavy atom. The molecule has 1 aromatic carbocycles. The Kier molecular flexibility index (Phi) is 2.10. The van der Waals surface area contributed by atoms with Gasteiger partial charge in [0.1, 0.15) is 0 Å². The van der Waals surface area contributed by atoms with Crippen LogP contribution < -0.4 is 0 Å². The van der Waals surface area contributed by atoms with E-state index in [1.165, 1.54) is 4.80 Å². The van der Waals surface area contributed by atoms with E-state index in [1.54, 1.807) is 24.5 Å². The van der Waals surface area contributed by atoms with E-state index in [4.69, 9.17) is 0 Å². The molecule has 0 spiro atoms. The van der Waals surface area contributed by atoms with E-state index in [0.29, 0.717) is 11.3 Å². The molecule has 2 rings (SSSR count). The van der Waals surface area contributed by atoms with Gasteiger partial charge in [0.2, 0.25) is 6.29 Å². The molecule has 0 fully saturated rings. The number of aromatic nitrogens is 3. The van der Waals surface area contributed by atoms with Crippen molar-refractivity contribution in [3.8, 4) is 5.69 Å². The van der Waals surface area contributed by atoms with Crippen LogP contribution in [0.25, 0.3) is 5.69 Å². The number of nitrogens with zero attached hydrogens (tertiary/aromatic N) is 3. The molecule has 4 nitrogen and oxygen atoms in total. The van der Waals surface area contributed by atoms with Crippen molar-refractivity contribution in [3.63, 3.8) is 0 Å². The first kappa shape index (κ1) is 8.62. The van der Waals surface area contributed by atoms with E-state index in [0.717, 1.165) is 5.56 Å². The van der Waals surface area contributed by atoms with Crippen LogP contribution in [0.2, 0.25) is 0 Å². The Hall–Kier alpha value is -1.97. The highest BCUT2D eigenvalue weighted by Crippen LogP contribution is 2.12. The summed E-state index contributed by atoms with van der Waals surface area (Å²) in [4.78, 5) is 12.1. The maximum absolute atomic E-state index is 10.7. The highest BCUT2D eigenvalue weighted by Gasteiger charge is 2.05. The first-order valence-corrected chi connectivity index (χ1v) is 4.17. The Morgan fingerprint density at radius 3 is 2.64 bits per heavy atom. The Balaban J connectivity index is 2.58. The minimum Gasteiger partial charge on any atom is -0.285 e. The van der Waals surface area contributed by atoms with Crippen LogP contribution in [0.1, 0.15) is 11.1 Å². The standard InChI is InChI=1S/C10H8N3O/c1-8-2-3-10(9(6-8)7-14)13-11-4-5-12-13/h2-6H,1H3. The number of carbonyl (C=O) groups excluding carboxylic acids is 1. The second-order valence-electron chi connectivity index (χ2n) is 2.94. The van der Waals surface area contributed by atoms with Crippen LogP contribution in [0, 0.1) is 6.92 Å². The van der Waals surface area contributed by atoms with Gasteiger partial charge in [0.25, 0.3) is 0 Å². The maximum Gasteiger partial charge on any atom is 0.235 e. The van der Waals surface area contributed by atoms with E-state index in [1.807, 2.05) is 19.3 Å². The van der Waals surface area contributed by atoms with Gasteiger partial charge in [-0.05, 0) is 19.1 Å². The smallest absolute Gasteiger partial charge is 0.235 e. The van der Waals surface area contributed by atoms with Gasteiger partial charge in [0, 0.05) is 0 Å². The molecule has 0 N–H and O–H groups in total. The highest BCUT2D eigenvalue weighted by atomic mass is 16.1. The zero-order valence-corrected chi connectivity index (χ0v) is 7.64. The van der Waals surface area contributed by atoms with Gasteiger partial charge >= 0.3 is 0 Å². The van der Waals surface area contributed by atoms with Crippen LogP contribution in [-0.4, -0.2) is 21.3 Å². The molecule has 1 heterocycles. The maximum atomic E-state index is 10.7. The topological polar surface area (TPSA) is 47.8 Å². The summed E-state index contributed by atoms with van der Waals surface area (Å²) in [5.41, 5.74) is 2.14. The Bertz CT molecular complexity index is 448. The predicted molar refractivity (Wildman–Crippen MR) is 50.9 cm³/mol. The average Bonchev–Trinajstić information content (AvgIpc) is 2.70. The third-order valence-corrected chi connectivity index (χ3v) is 1.90. The molecule has 1 aromatic heterocycles. The first-order valence-electron chi connectivity index (χ1n) is 4.17. The van der Waals surface area contributed by atoms with Gasteiger partial charge in [-0.25, -0.2) is 0 Å². The van der Waals surface area contributed by atoms with E-state index in [9.17, 15) is 4.79 Å². The summed E-state index contributed by atoms with van der Waals surface area (Å²) in [7, 11) is 0. The lowest BCUT2D eigenvalue weighted by molar-refractivity contribution is 0.562. The summed E-state index contributed by atoms with van der Waals surface area (Å²) < 4.78 is 0. The van der Waals surface area contributed by atoms with Gasteiger partial charge in [-0.3, -0.25) is 4.79 Å². The van der Waals surface area contributed by atoms with E-state index < -0.39 is 0 Å². The van der Waals surface area contributed by atoms with E-state index in [-0.39, 0.29) is 0 Å². The summed E-state index contributed by atoms with van der Waals surface area (Å²) in [5, 5.41) is 7.90. The summed E-state index contributed by atoms with van der Waals surface area (Å²) >= 11 is 0. The average molecular weight is 186 g/mol. The molecule has 0 atom stereocenters. The molecule has 69 valence electrons. The highest BCUT2D eigenvalue weighted by molar-refractivity contribution is 5.81. The van der Waals surface area contributed by atoms with Crippen molar-refractivity contribution < 1.29 is 4.79 Å². The molecule has 0 amide bonds. The summed E-state index contributed by atoms with van der Waals surface area (Å²) in [6.45, 7) is 1.92. The Labute approximate surface area is 81.2 Å². The number of hydrogen-bond donors (Lipinski definition) is 0. The van der Waals surface area contributed by atoms with Crippen LogP contribution in [0.3, 0.4) is 0 Å². The molecule has 2 aromatic rings. The van der Waals surface area contributed by atoms with Crippen LogP contribution in [-0.2, 0) is 4.79 Å². The number of rotatable bonds is 2. The number of benzene rings is 1. The van der Waals surface area contributed by atoms with E-state index >= 15 is 0 Å². The molecular formula is C10H8N3O. The van der Waals surface area contributed by atoms with Crippen molar-refractivity contribution in [2.45, 2.75) is 6.92 Å². The molecular weight excluding hydrogens is 178 g/mol. The molecule has 0 saturated heterocycles. The SMILES string of the molecule is Cc1ccc(-n2nccn2)c([C]=O)c1. The lowest BCUT2D eigenvalue weighted by atomic mass is 10.1. The molecule has 4 heteroatoms. The van der Waals surface area contributed by atoms with Crippen molar-refractivity contribution >= 4 is 6.29 Å². The van der Waals surface area contributed by atoms with Gasteiger partial charge in [0.15, 0.2) is 0 Å². The third kappa shape index (κ3) is 1.42. The second-order valence-corrected chi connectivity index (χ2v) is 2.94. The fourth-order valence-corrected chi connectivity index (χ4v) is 1.25. The van der Waals surface area contributed by atoms with Crippen molar-refractivity contribution in [1.82, 2.24) is 15.0 Å². The summed E-state index contributed by atoms with van der Waals surface area (Å²) in [6, 6.07) is 5.46. The molecule has 14 heavy (non-hydrogen) atoms. The van der Waals surface area contributed by atoms with Gasteiger partial charge in [-0.15, -0.1) is 0 Å². The fourth-order valence-electron chi connectivity index (χ4n) is 1.25. The van der Waals surface area contributed by atoms with E-state index in [2.05, 4.69) is 10.2 Å². The first-order chi connectivity index (χ1) is 6.81. The quantitative estimate of drug-likeness (QED) is 0.703. The van der Waals surface area contributed by atoms with Gasteiger partial charge < -0.3 is 0 Å². The lowest BCUT2D eigenvalue weighted by Crippen LogP contribution is -2.02. The molecule has 0 aliphatic rings. The number of hydrogen-bond acceptors (Lipinski definition) is 3. The third-order valence-electron chi connectivity index (χ3n) is 1.90. The molecule has 0 unspecified atom stereocenters. The van der Waals surface area contributed by atoms with Gasteiger partial charge in [-0.1, -0.05) is 11.6 Å².